The summed E-state index contributed by atoms with van der Waals surface area (Å²) in [5, 5.41) is 20.0. The molecule has 1 fully saturated rings. The standard InChI is InChI=1S/C20H23ClF2N4O3/c1-13(25-16-7-5-15(21)6-8-16)26-18(11-28)20(24-12-29-27-20)14-3-9-17(10-4-14)30-19(2,22)23/h3-10,18,24-28H,1,11-12H2,2H3/t18-,20?/m0/s1. The maximum atomic E-state index is 13.1. The quantitative estimate of drug-likeness (QED) is 0.409. The van der Waals surface area contributed by atoms with Gasteiger partial charge < -0.3 is 20.5 Å². The first-order chi connectivity index (χ1) is 14.2. The van der Waals surface area contributed by atoms with Gasteiger partial charge in [-0.05, 0) is 42.0 Å². The van der Waals surface area contributed by atoms with E-state index in [1.54, 1.807) is 36.4 Å². The van der Waals surface area contributed by atoms with Gasteiger partial charge in [0.2, 0.25) is 0 Å². The van der Waals surface area contributed by atoms with Crippen LogP contribution in [0.3, 0.4) is 0 Å². The molecule has 30 heavy (non-hydrogen) atoms. The predicted octanol–water partition coefficient (Wildman–Crippen LogP) is 3.10. The molecule has 0 aliphatic carbocycles. The van der Waals surface area contributed by atoms with Crippen molar-refractivity contribution in [3.63, 3.8) is 0 Å². The topological polar surface area (TPSA) is 86.8 Å². The monoisotopic (exact) mass is 440 g/mol. The van der Waals surface area contributed by atoms with Crippen LogP contribution in [0, 0.1) is 0 Å². The maximum Gasteiger partial charge on any atom is 0.394 e. The molecule has 5 N–H and O–H groups in total. The van der Waals surface area contributed by atoms with Crippen LogP contribution in [0.1, 0.15) is 12.5 Å². The Labute approximate surface area is 178 Å². The van der Waals surface area contributed by atoms with Crippen molar-refractivity contribution in [3.05, 3.63) is 71.5 Å². The normalized spacial score (nSPS) is 19.9. The largest absolute Gasteiger partial charge is 0.433 e. The second kappa shape index (κ2) is 9.15. The van der Waals surface area contributed by atoms with Crippen molar-refractivity contribution in [1.82, 2.24) is 16.1 Å². The van der Waals surface area contributed by atoms with Gasteiger partial charge in [-0.2, -0.15) is 14.3 Å². The van der Waals surface area contributed by atoms with Gasteiger partial charge in [0, 0.05) is 17.6 Å². The number of alkyl halides is 2. The number of rotatable bonds is 9. The molecule has 2 aromatic carbocycles. The van der Waals surface area contributed by atoms with E-state index in [0.717, 1.165) is 5.69 Å². The Morgan fingerprint density at radius 2 is 1.97 bits per heavy atom. The zero-order chi connectivity index (χ0) is 21.8. The Balaban J connectivity index is 1.77. The molecule has 7 nitrogen and oxygen atoms in total. The zero-order valence-electron chi connectivity index (χ0n) is 16.2. The van der Waals surface area contributed by atoms with Crippen LogP contribution < -0.4 is 26.2 Å². The number of aliphatic hydroxyl groups excluding tert-OH is 1. The van der Waals surface area contributed by atoms with E-state index in [1.165, 1.54) is 12.1 Å². The highest BCUT2D eigenvalue weighted by molar-refractivity contribution is 6.30. The number of benzene rings is 2. The van der Waals surface area contributed by atoms with Crippen molar-refractivity contribution in [2.24, 2.45) is 0 Å². The molecule has 10 heteroatoms. The molecule has 0 aromatic heterocycles. The van der Waals surface area contributed by atoms with Crippen molar-refractivity contribution >= 4 is 17.3 Å². The lowest BCUT2D eigenvalue weighted by atomic mass is 9.92. The van der Waals surface area contributed by atoms with Crippen LogP contribution in [0.4, 0.5) is 14.5 Å². The van der Waals surface area contributed by atoms with E-state index in [1.807, 2.05) is 0 Å². The molecule has 0 bridgehead atoms. The highest BCUT2D eigenvalue weighted by Crippen LogP contribution is 2.29. The van der Waals surface area contributed by atoms with Crippen LogP contribution in [0.2, 0.25) is 5.02 Å². The molecular formula is C20H23ClF2N4O3. The van der Waals surface area contributed by atoms with Crippen molar-refractivity contribution < 1.29 is 23.5 Å². The average Bonchev–Trinajstić information content (AvgIpc) is 3.18. The summed E-state index contributed by atoms with van der Waals surface area (Å²) in [6.07, 6.45) is -3.29. The van der Waals surface area contributed by atoms with Gasteiger partial charge in [0.25, 0.3) is 0 Å². The predicted molar refractivity (Wildman–Crippen MR) is 110 cm³/mol. The first-order valence-electron chi connectivity index (χ1n) is 9.12. The number of nitrogens with one attached hydrogen (secondary N) is 4. The minimum Gasteiger partial charge on any atom is -0.433 e. The molecule has 1 heterocycles. The number of halogens is 3. The third-order valence-electron chi connectivity index (χ3n) is 4.46. The smallest absolute Gasteiger partial charge is 0.394 e. The molecule has 0 saturated carbocycles. The third kappa shape index (κ3) is 5.38. The van der Waals surface area contributed by atoms with Gasteiger partial charge in [0.15, 0.2) is 0 Å². The fourth-order valence-electron chi connectivity index (χ4n) is 3.13. The summed E-state index contributed by atoms with van der Waals surface area (Å²) in [5.74, 6) is 0.444. The van der Waals surface area contributed by atoms with Gasteiger partial charge in [0.1, 0.15) is 18.1 Å². The third-order valence-corrected chi connectivity index (χ3v) is 4.71. The molecule has 0 radical (unpaired) electrons. The number of ether oxygens (including phenoxy) is 1. The van der Waals surface area contributed by atoms with Gasteiger partial charge in [-0.15, -0.1) is 0 Å². The van der Waals surface area contributed by atoms with Gasteiger partial charge >= 0.3 is 6.11 Å². The molecule has 1 unspecified atom stereocenters. The fraction of sp³-hybridized carbons (Fsp3) is 0.300. The number of anilines is 1. The Morgan fingerprint density at radius 3 is 2.50 bits per heavy atom. The molecule has 162 valence electrons. The number of hydroxylamine groups is 1. The fourth-order valence-corrected chi connectivity index (χ4v) is 3.26. The lowest BCUT2D eigenvalue weighted by Crippen LogP contribution is -2.62. The summed E-state index contributed by atoms with van der Waals surface area (Å²) in [4.78, 5) is 5.29. The molecule has 0 amide bonds. The SMILES string of the molecule is C=C(Nc1ccc(Cl)cc1)N[C@@H](CO)C1(c2ccc(OC(C)(F)F)cc2)NCON1. The number of hydrogen-bond donors (Lipinski definition) is 5. The Hall–Kier alpha value is -2.43. The van der Waals surface area contributed by atoms with Crippen molar-refractivity contribution in [3.8, 4) is 5.75 Å². The van der Waals surface area contributed by atoms with Crippen LogP contribution in [-0.4, -0.2) is 30.6 Å². The van der Waals surface area contributed by atoms with Crippen LogP contribution in [-0.2, 0) is 10.5 Å². The summed E-state index contributed by atoms with van der Waals surface area (Å²) in [7, 11) is 0. The van der Waals surface area contributed by atoms with Gasteiger partial charge in [-0.1, -0.05) is 30.3 Å². The van der Waals surface area contributed by atoms with Gasteiger partial charge in [-0.3, -0.25) is 10.2 Å². The molecule has 1 saturated heterocycles. The summed E-state index contributed by atoms with van der Waals surface area (Å²) < 4.78 is 30.7. The number of hydrogen-bond acceptors (Lipinski definition) is 7. The Bertz CT molecular complexity index is 854. The van der Waals surface area contributed by atoms with E-state index >= 15 is 0 Å². The molecule has 3 rings (SSSR count). The second-order valence-corrected chi connectivity index (χ2v) is 7.24. The lowest BCUT2D eigenvalue weighted by Gasteiger charge is -2.37. The van der Waals surface area contributed by atoms with E-state index in [2.05, 4.69) is 32.7 Å². The van der Waals surface area contributed by atoms with Crippen molar-refractivity contribution in [2.75, 3.05) is 18.7 Å². The number of aliphatic hydroxyl groups is 1. The molecular weight excluding hydrogens is 418 g/mol. The van der Waals surface area contributed by atoms with E-state index in [-0.39, 0.29) is 19.1 Å². The first-order valence-corrected chi connectivity index (χ1v) is 9.50. The molecule has 0 spiro atoms. The van der Waals surface area contributed by atoms with Crippen LogP contribution in [0.5, 0.6) is 5.75 Å². The molecule has 2 aromatic rings. The van der Waals surface area contributed by atoms with E-state index < -0.39 is 17.8 Å². The first kappa shape index (κ1) is 22.3. The zero-order valence-corrected chi connectivity index (χ0v) is 17.0. The van der Waals surface area contributed by atoms with Crippen LogP contribution >= 0.6 is 11.6 Å². The lowest BCUT2D eigenvalue weighted by molar-refractivity contribution is -0.158. The highest BCUT2D eigenvalue weighted by Gasteiger charge is 2.44. The minimum absolute atomic E-state index is 0.0163. The summed E-state index contributed by atoms with van der Waals surface area (Å²) in [5.41, 5.74) is 3.22. The summed E-state index contributed by atoms with van der Waals surface area (Å²) in [6.45, 7) is 4.48. The second-order valence-electron chi connectivity index (χ2n) is 6.80. The molecule has 1 aliphatic heterocycles. The Kier molecular flexibility index (Phi) is 6.79. The van der Waals surface area contributed by atoms with E-state index in [9.17, 15) is 13.9 Å². The highest BCUT2D eigenvalue weighted by atomic mass is 35.5. The Morgan fingerprint density at radius 1 is 1.30 bits per heavy atom. The van der Waals surface area contributed by atoms with Crippen molar-refractivity contribution in [1.29, 1.82) is 0 Å². The summed E-state index contributed by atoms with van der Waals surface area (Å²) in [6, 6.07) is 12.5. The van der Waals surface area contributed by atoms with Gasteiger partial charge in [0.05, 0.1) is 18.5 Å². The maximum absolute atomic E-state index is 13.1. The average molecular weight is 441 g/mol. The van der Waals surface area contributed by atoms with Crippen LogP contribution in [0.15, 0.2) is 60.9 Å². The molecule has 2 atom stereocenters. The van der Waals surface area contributed by atoms with Crippen LogP contribution in [0.25, 0.3) is 0 Å². The summed E-state index contributed by atoms with van der Waals surface area (Å²) >= 11 is 5.89. The van der Waals surface area contributed by atoms with Crippen molar-refractivity contribution in [2.45, 2.75) is 24.7 Å². The van der Waals surface area contributed by atoms with Gasteiger partial charge in [-0.25, -0.2) is 0 Å². The van der Waals surface area contributed by atoms with E-state index in [4.69, 9.17) is 16.4 Å². The minimum atomic E-state index is -3.29. The molecule has 1 aliphatic rings. The van der Waals surface area contributed by atoms with E-state index in [0.29, 0.717) is 23.3 Å².